The molecular weight excluding hydrogens is 290 g/mol. The minimum absolute atomic E-state index is 0.0177. The van der Waals surface area contributed by atoms with Gasteiger partial charge in [0.25, 0.3) is 0 Å². The molecule has 0 aromatic heterocycles. The summed E-state index contributed by atoms with van der Waals surface area (Å²) >= 11 is 0. The number of amides is 1. The second kappa shape index (κ2) is 5.91. The number of benzene rings is 1. The monoisotopic (exact) mass is 315 g/mol. The Morgan fingerprint density at radius 2 is 2.09 bits per heavy atom. The van der Waals surface area contributed by atoms with Crippen LogP contribution < -0.4 is 0 Å². The van der Waals surface area contributed by atoms with Crippen LogP contribution in [0.1, 0.15) is 43.4 Å². The molecule has 4 heteroatoms. The van der Waals surface area contributed by atoms with E-state index in [1.54, 1.807) is 0 Å². The Kier molecular flexibility index (Phi) is 3.90. The van der Waals surface area contributed by atoms with E-state index in [0.717, 1.165) is 19.3 Å². The summed E-state index contributed by atoms with van der Waals surface area (Å²) in [6.07, 6.45) is 3.52. The second-order valence-electron chi connectivity index (χ2n) is 7.23. The van der Waals surface area contributed by atoms with Gasteiger partial charge in [0, 0.05) is 0 Å². The molecule has 0 N–H and O–H groups in total. The topological polar surface area (TPSA) is 38.8 Å². The highest BCUT2D eigenvalue weighted by atomic mass is 16.5. The smallest absolute Gasteiger partial charge is 0.228 e. The van der Waals surface area contributed by atoms with Crippen molar-refractivity contribution in [2.24, 2.45) is 5.92 Å². The van der Waals surface area contributed by atoms with Gasteiger partial charge in [-0.2, -0.15) is 0 Å². The molecule has 0 spiro atoms. The summed E-state index contributed by atoms with van der Waals surface area (Å²) in [4.78, 5) is 15.1. The Morgan fingerprint density at radius 3 is 2.78 bits per heavy atom. The Labute approximate surface area is 137 Å². The van der Waals surface area contributed by atoms with E-state index < -0.39 is 0 Å². The van der Waals surface area contributed by atoms with Crippen molar-refractivity contribution in [3.05, 3.63) is 35.4 Å². The third-order valence-electron chi connectivity index (χ3n) is 5.67. The van der Waals surface area contributed by atoms with Crippen LogP contribution in [0.4, 0.5) is 0 Å². The summed E-state index contributed by atoms with van der Waals surface area (Å²) in [5, 5.41) is 0. The first-order chi connectivity index (χ1) is 11.1. The fourth-order valence-electron chi connectivity index (χ4n) is 4.31. The van der Waals surface area contributed by atoms with Crippen LogP contribution in [0.5, 0.6) is 0 Å². The fraction of sp³-hybridized carbons (Fsp3) is 0.632. The first-order valence-corrected chi connectivity index (χ1v) is 8.76. The molecule has 5 atom stereocenters. The number of hydrogen-bond donors (Lipinski definition) is 0. The Morgan fingerprint density at radius 1 is 1.26 bits per heavy atom. The minimum atomic E-state index is -0.0177. The van der Waals surface area contributed by atoms with Gasteiger partial charge in [0.2, 0.25) is 5.91 Å². The molecule has 124 valence electrons. The third-order valence-corrected chi connectivity index (χ3v) is 5.67. The highest BCUT2D eigenvalue weighted by Crippen LogP contribution is 2.40. The normalized spacial score (nSPS) is 36.4. The van der Waals surface area contributed by atoms with Crippen molar-refractivity contribution in [2.45, 2.75) is 57.5 Å². The third kappa shape index (κ3) is 2.68. The standard InChI is InChI=1S/C19H25NO3/c1-12-5-3-4-6-15(12)18-10-20(13(2)11-22-18)19(21)16-9-14-7-8-17(16)23-14/h3-6,13-14,16-18H,7-11H2,1-2H3/t13-,14+,16+,17+,18-/m0/s1. The molecule has 3 aliphatic heterocycles. The Bertz CT molecular complexity index is 602. The van der Waals surface area contributed by atoms with E-state index in [9.17, 15) is 4.79 Å². The first kappa shape index (κ1) is 15.2. The molecule has 3 fully saturated rings. The quantitative estimate of drug-likeness (QED) is 0.842. The summed E-state index contributed by atoms with van der Waals surface area (Å²) in [7, 11) is 0. The average Bonchev–Trinajstić information content (AvgIpc) is 3.18. The number of morpholine rings is 1. The largest absolute Gasteiger partial charge is 0.374 e. The average molecular weight is 315 g/mol. The van der Waals surface area contributed by atoms with Gasteiger partial charge in [-0.25, -0.2) is 0 Å². The van der Waals surface area contributed by atoms with Crippen LogP contribution >= 0.6 is 0 Å². The van der Waals surface area contributed by atoms with Gasteiger partial charge in [-0.15, -0.1) is 0 Å². The molecule has 3 saturated heterocycles. The molecule has 0 saturated carbocycles. The van der Waals surface area contributed by atoms with E-state index in [1.807, 2.05) is 17.0 Å². The Balaban J connectivity index is 1.51. The lowest BCUT2D eigenvalue weighted by atomic mass is 9.87. The van der Waals surface area contributed by atoms with Gasteiger partial charge in [-0.1, -0.05) is 24.3 Å². The van der Waals surface area contributed by atoms with E-state index >= 15 is 0 Å². The van der Waals surface area contributed by atoms with Gasteiger partial charge in [0.05, 0.1) is 37.3 Å². The minimum Gasteiger partial charge on any atom is -0.374 e. The number of aryl methyl sites for hydroxylation is 1. The van der Waals surface area contributed by atoms with Gasteiger partial charge in [-0.05, 0) is 44.2 Å². The maximum Gasteiger partial charge on any atom is 0.228 e. The van der Waals surface area contributed by atoms with Crippen molar-refractivity contribution in [3.8, 4) is 0 Å². The van der Waals surface area contributed by atoms with E-state index in [1.165, 1.54) is 11.1 Å². The summed E-state index contributed by atoms with van der Waals surface area (Å²) in [5.74, 6) is 0.332. The maximum absolute atomic E-state index is 13.1. The number of fused-ring (bicyclic) bond motifs is 2. The zero-order chi connectivity index (χ0) is 16.0. The fourth-order valence-corrected chi connectivity index (χ4v) is 4.31. The molecule has 2 bridgehead atoms. The Hall–Kier alpha value is -1.39. The van der Waals surface area contributed by atoms with E-state index in [4.69, 9.17) is 9.47 Å². The van der Waals surface area contributed by atoms with Crippen molar-refractivity contribution in [2.75, 3.05) is 13.2 Å². The number of carbonyl (C=O) groups is 1. The van der Waals surface area contributed by atoms with Crippen molar-refractivity contribution in [1.29, 1.82) is 0 Å². The van der Waals surface area contributed by atoms with Crippen molar-refractivity contribution in [3.63, 3.8) is 0 Å². The lowest BCUT2D eigenvalue weighted by Gasteiger charge is -2.40. The van der Waals surface area contributed by atoms with Gasteiger partial charge >= 0.3 is 0 Å². The van der Waals surface area contributed by atoms with Crippen LogP contribution in [0.15, 0.2) is 24.3 Å². The molecular formula is C19H25NO3. The predicted octanol–water partition coefficient (Wildman–Crippen LogP) is 2.85. The molecule has 0 radical (unpaired) electrons. The van der Waals surface area contributed by atoms with Crippen LogP contribution in [-0.2, 0) is 14.3 Å². The van der Waals surface area contributed by atoms with E-state index in [0.29, 0.717) is 19.3 Å². The molecule has 1 amide bonds. The summed E-state index contributed by atoms with van der Waals surface area (Å²) in [6.45, 7) is 5.44. The van der Waals surface area contributed by atoms with Crippen molar-refractivity contribution < 1.29 is 14.3 Å². The maximum atomic E-state index is 13.1. The first-order valence-electron chi connectivity index (χ1n) is 8.76. The van der Waals surface area contributed by atoms with Crippen molar-refractivity contribution in [1.82, 2.24) is 4.90 Å². The highest BCUT2D eigenvalue weighted by Gasteiger charge is 2.47. The number of ether oxygens (including phenoxy) is 2. The van der Waals surface area contributed by atoms with Crippen LogP contribution in [-0.4, -0.2) is 42.2 Å². The summed E-state index contributed by atoms with van der Waals surface area (Å²) in [5.41, 5.74) is 2.42. The summed E-state index contributed by atoms with van der Waals surface area (Å²) in [6, 6.07) is 8.44. The number of rotatable bonds is 2. The zero-order valence-electron chi connectivity index (χ0n) is 13.9. The zero-order valence-corrected chi connectivity index (χ0v) is 13.9. The molecule has 4 nitrogen and oxygen atoms in total. The van der Waals surface area contributed by atoms with Gasteiger partial charge < -0.3 is 14.4 Å². The molecule has 4 rings (SSSR count). The lowest BCUT2D eigenvalue weighted by Crippen LogP contribution is -2.51. The molecule has 0 aliphatic carbocycles. The second-order valence-corrected chi connectivity index (χ2v) is 7.23. The van der Waals surface area contributed by atoms with Crippen LogP contribution in [0.3, 0.4) is 0 Å². The molecule has 0 unspecified atom stereocenters. The molecule has 1 aromatic rings. The number of hydrogen-bond acceptors (Lipinski definition) is 3. The lowest BCUT2D eigenvalue weighted by molar-refractivity contribution is -0.150. The van der Waals surface area contributed by atoms with Gasteiger partial charge in [0.1, 0.15) is 6.10 Å². The molecule has 23 heavy (non-hydrogen) atoms. The number of carbonyl (C=O) groups excluding carboxylic acids is 1. The SMILES string of the molecule is Cc1ccccc1[C@@H]1CN(C(=O)[C@@H]2C[C@H]3CC[C@H]2O3)[C@@H](C)CO1. The van der Waals surface area contributed by atoms with E-state index in [2.05, 4.69) is 26.0 Å². The van der Waals surface area contributed by atoms with Crippen LogP contribution in [0.25, 0.3) is 0 Å². The molecule has 3 heterocycles. The molecule has 3 aliphatic rings. The molecule has 1 aromatic carbocycles. The van der Waals surface area contributed by atoms with Crippen molar-refractivity contribution >= 4 is 5.91 Å². The highest BCUT2D eigenvalue weighted by molar-refractivity contribution is 5.80. The van der Waals surface area contributed by atoms with E-state index in [-0.39, 0.29) is 30.1 Å². The van der Waals surface area contributed by atoms with Gasteiger partial charge in [-0.3, -0.25) is 4.79 Å². The van der Waals surface area contributed by atoms with Gasteiger partial charge in [0.15, 0.2) is 0 Å². The predicted molar refractivity (Wildman–Crippen MR) is 87.0 cm³/mol. The number of nitrogens with zero attached hydrogens (tertiary/aromatic N) is 1. The van der Waals surface area contributed by atoms with Crippen LogP contribution in [0, 0.1) is 12.8 Å². The summed E-state index contributed by atoms with van der Waals surface area (Å²) < 4.78 is 11.9. The van der Waals surface area contributed by atoms with Crippen LogP contribution in [0.2, 0.25) is 0 Å².